The van der Waals surface area contributed by atoms with Crippen molar-refractivity contribution in [3.63, 3.8) is 0 Å². The van der Waals surface area contributed by atoms with Crippen molar-refractivity contribution in [2.24, 2.45) is 0 Å². The van der Waals surface area contributed by atoms with Gasteiger partial charge >= 0.3 is 0 Å². The molecule has 4 rings (SSSR count). The maximum atomic E-state index is 13.1. The summed E-state index contributed by atoms with van der Waals surface area (Å²) < 4.78 is 15.1. The van der Waals surface area contributed by atoms with E-state index >= 15 is 0 Å². The van der Waals surface area contributed by atoms with Crippen LogP contribution in [0.3, 0.4) is 0 Å². The molecule has 0 radical (unpaired) electrons. The molecule has 1 aromatic heterocycles. The largest absolute Gasteiger partial charge is 0.293 e. The summed E-state index contributed by atoms with van der Waals surface area (Å²) >= 11 is 1.34. The highest BCUT2D eigenvalue weighted by Gasteiger charge is 2.16. The van der Waals surface area contributed by atoms with Crippen LogP contribution in [0.4, 0.5) is 4.39 Å². The van der Waals surface area contributed by atoms with E-state index in [2.05, 4.69) is 22.3 Å². The summed E-state index contributed by atoms with van der Waals surface area (Å²) in [4.78, 5) is 12.5. The Morgan fingerprint density at radius 2 is 1.50 bits per heavy atom. The number of ketones is 1. The Balaban J connectivity index is 1.54. The van der Waals surface area contributed by atoms with Gasteiger partial charge in [-0.3, -0.25) is 9.36 Å². The van der Waals surface area contributed by atoms with Crippen LogP contribution in [-0.4, -0.2) is 26.3 Å². The van der Waals surface area contributed by atoms with Gasteiger partial charge in [0.25, 0.3) is 0 Å². The molecule has 3 aromatic carbocycles. The van der Waals surface area contributed by atoms with E-state index in [9.17, 15) is 9.18 Å². The lowest BCUT2D eigenvalue weighted by molar-refractivity contribution is 0.102. The van der Waals surface area contributed by atoms with Crippen LogP contribution in [0.5, 0.6) is 0 Å². The standard InChI is InChI=1S/C24H20FN3OS/c25-20-14-12-19(13-15-20)22(29)17-30-24-27-26-23(16-11-18-7-3-1-4-8-18)28(24)21-9-5-2-6-10-21/h1-10,12-15H,11,16-17H2. The van der Waals surface area contributed by atoms with E-state index in [-0.39, 0.29) is 17.4 Å². The molecule has 0 saturated heterocycles. The number of nitrogens with zero attached hydrogens (tertiary/aromatic N) is 3. The third-order valence-electron chi connectivity index (χ3n) is 4.69. The highest BCUT2D eigenvalue weighted by atomic mass is 32.2. The van der Waals surface area contributed by atoms with Crippen LogP contribution in [0.1, 0.15) is 21.7 Å². The zero-order valence-electron chi connectivity index (χ0n) is 16.2. The fraction of sp³-hybridized carbons (Fsp3) is 0.125. The SMILES string of the molecule is O=C(CSc1nnc(CCc2ccccc2)n1-c1ccccc1)c1ccc(F)cc1. The van der Waals surface area contributed by atoms with Crippen LogP contribution in [0.25, 0.3) is 5.69 Å². The molecule has 4 nitrogen and oxygen atoms in total. The fourth-order valence-corrected chi connectivity index (χ4v) is 4.01. The maximum absolute atomic E-state index is 13.1. The molecule has 0 spiro atoms. The lowest BCUT2D eigenvalue weighted by Gasteiger charge is -2.10. The molecule has 0 amide bonds. The second-order valence-electron chi connectivity index (χ2n) is 6.77. The van der Waals surface area contributed by atoms with E-state index in [1.54, 1.807) is 0 Å². The monoisotopic (exact) mass is 417 g/mol. The normalized spacial score (nSPS) is 10.8. The molecule has 0 aliphatic heterocycles. The average molecular weight is 418 g/mol. The zero-order valence-corrected chi connectivity index (χ0v) is 17.1. The third kappa shape index (κ3) is 4.83. The molecule has 150 valence electrons. The van der Waals surface area contributed by atoms with E-state index in [1.807, 2.05) is 53.1 Å². The van der Waals surface area contributed by atoms with Gasteiger partial charge in [-0.25, -0.2) is 4.39 Å². The molecule has 0 bridgehead atoms. The smallest absolute Gasteiger partial charge is 0.196 e. The van der Waals surface area contributed by atoms with Crippen molar-refractivity contribution in [3.8, 4) is 5.69 Å². The molecule has 0 aliphatic carbocycles. The van der Waals surface area contributed by atoms with E-state index in [0.29, 0.717) is 10.7 Å². The quantitative estimate of drug-likeness (QED) is 0.293. The van der Waals surface area contributed by atoms with Gasteiger partial charge in [-0.1, -0.05) is 60.3 Å². The number of Topliss-reactive ketones (excluding diaryl/α,β-unsaturated/α-hetero) is 1. The van der Waals surface area contributed by atoms with Crippen LogP contribution in [0, 0.1) is 5.82 Å². The van der Waals surface area contributed by atoms with Crippen LogP contribution >= 0.6 is 11.8 Å². The van der Waals surface area contributed by atoms with E-state index in [1.165, 1.54) is 41.6 Å². The first-order chi connectivity index (χ1) is 14.7. The Bertz CT molecular complexity index is 1110. The Morgan fingerprint density at radius 1 is 0.833 bits per heavy atom. The molecule has 4 aromatic rings. The summed E-state index contributed by atoms with van der Waals surface area (Å²) in [5.41, 5.74) is 2.68. The Hall–Kier alpha value is -3.25. The average Bonchev–Trinajstić information content (AvgIpc) is 3.20. The second kappa shape index (κ2) is 9.50. The molecule has 0 aliphatic rings. The Labute approximate surface area is 178 Å². The first-order valence-electron chi connectivity index (χ1n) is 9.66. The molecule has 0 N–H and O–H groups in total. The van der Waals surface area contributed by atoms with Crippen LogP contribution in [0.15, 0.2) is 90.1 Å². The maximum Gasteiger partial charge on any atom is 0.196 e. The summed E-state index contributed by atoms with van der Waals surface area (Å²) in [7, 11) is 0. The van der Waals surface area contributed by atoms with Crippen molar-refractivity contribution in [2.45, 2.75) is 18.0 Å². The first-order valence-corrected chi connectivity index (χ1v) is 10.6. The Kier molecular flexibility index (Phi) is 6.35. The molecule has 0 fully saturated rings. The summed E-state index contributed by atoms with van der Waals surface area (Å²) in [6, 6.07) is 25.8. The van der Waals surface area contributed by atoms with Gasteiger partial charge in [0.15, 0.2) is 10.9 Å². The highest BCUT2D eigenvalue weighted by Crippen LogP contribution is 2.24. The van der Waals surface area contributed by atoms with E-state index in [4.69, 9.17) is 0 Å². The van der Waals surface area contributed by atoms with E-state index in [0.717, 1.165) is 24.4 Å². The third-order valence-corrected chi connectivity index (χ3v) is 5.62. The van der Waals surface area contributed by atoms with Crippen molar-refractivity contribution in [1.82, 2.24) is 14.8 Å². The number of thioether (sulfide) groups is 1. The predicted octanol–water partition coefficient (Wildman–Crippen LogP) is 5.17. The number of rotatable bonds is 8. The van der Waals surface area contributed by atoms with Gasteiger partial charge in [0.05, 0.1) is 5.75 Å². The summed E-state index contributed by atoms with van der Waals surface area (Å²) in [5, 5.41) is 9.42. The molecule has 0 saturated carbocycles. The number of carbonyl (C=O) groups is 1. The first kappa shape index (κ1) is 20.0. The van der Waals surface area contributed by atoms with Gasteiger partial charge < -0.3 is 0 Å². The van der Waals surface area contributed by atoms with Crippen LogP contribution in [-0.2, 0) is 12.8 Å². The summed E-state index contributed by atoms with van der Waals surface area (Å²) in [6.45, 7) is 0. The predicted molar refractivity (Wildman–Crippen MR) is 117 cm³/mol. The van der Waals surface area contributed by atoms with Gasteiger partial charge in [-0.2, -0.15) is 0 Å². The number of aromatic nitrogens is 3. The van der Waals surface area contributed by atoms with Crippen molar-refractivity contribution in [3.05, 3.63) is 108 Å². The van der Waals surface area contributed by atoms with Crippen molar-refractivity contribution in [2.75, 3.05) is 5.75 Å². The molecule has 0 unspecified atom stereocenters. The van der Waals surface area contributed by atoms with Crippen molar-refractivity contribution in [1.29, 1.82) is 0 Å². The number of carbonyl (C=O) groups excluding carboxylic acids is 1. The van der Waals surface area contributed by atoms with Crippen molar-refractivity contribution >= 4 is 17.5 Å². The van der Waals surface area contributed by atoms with Gasteiger partial charge in [0, 0.05) is 17.7 Å². The van der Waals surface area contributed by atoms with Gasteiger partial charge in [0.2, 0.25) is 0 Å². The molecule has 1 heterocycles. The fourth-order valence-electron chi connectivity index (χ4n) is 3.14. The zero-order chi connectivity index (χ0) is 20.8. The molecule has 0 atom stereocenters. The summed E-state index contributed by atoms with van der Waals surface area (Å²) in [5.74, 6) is 0.622. The highest BCUT2D eigenvalue weighted by molar-refractivity contribution is 7.99. The number of benzene rings is 3. The van der Waals surface area contributed by atoms with Gasteiger partial charge in [0.1, 0.15) is 11.6 Å². The second-order valence-corrected chi connectivity index (χ2v) is 7.72. The molecule has 6 heteroatoms. The number of halogens is 1. The molecular formula is C24H20FN3OS. The number of para-hydroxylation sites is 1. The van der Waals surface area contributed by atoms with Gasteiger partial charge in [-0.15, -0.1) is 10.2 Å². The van der Waals surface area contributed by atoms with Crippen molar-refractivity contribution < 1.29 is 9.18 Å². The topological polar surface area (TPSA) is 47.8 Å². The minimum absolute atomic E-state index is 0.0755. The lowest BCUT2D eigenvalue weighted by atomic mass is 10.1. The number of hydrogen-bond donors (Lipinski definition) is 0. The minimum Gasteiger partial charge on any atom is -0.293 e. The molecule has 30 heavy (non-hydrogen) atoms. The number of hydrogen-bond acceptors (Lipinski definition) is 4. The minimum atomic E-state index is -0.355. The van der Waals surface area contributed by atoms with Gasteiger partial charge in [-0.05, 0) is 48.4 Å². The van der Waals surface area contributed by atoms with Crippen LogP contribution in [0.2, 0.25) is 0 Å². The van der Waals surface area contributed by atoms with E-state index < -0.39 is 0 Å². The number of aryl methyl sites for hydroxylation is 2. The lowest BCUT2D eigenvalue weighted by Crippen LogP contribution is -2.07. The molecular weight excluding hydrogens is 397 g/mol. The summed E-state index contributed by atoms with van der Waals surface area (Å²) in [6.07, 6.45) is 1.59. The van der Waals surface area contributed by atoms with Crippen LogP contribution < -0.4 is 0 Å². The Morgan fingerprint density at radius 3 is 2.20 bits per heavy atom.